The second-order valence-electron chi connectivity index (χ2n) is 7.08. The van der Waals surface area contributed by atoms with Crippen LogP contribution in [0.4, 0.5) is 5.82 Å². The number of aromatic nitrogens is 2. The largest absolute Gasteiger partial charge is 0.355 e. The molecule has 2 aromatic rings. The number of amides is 1. The minimum atomic E-state index is 0.0500. The third kappa shape index (κ3) is 3.77. The minimum absolute atomic E-state index is 0.0500. The molecule has 25 heavy (non-hydrogen) atoms. The third-order valence-electron chi connectivity index (χ3n) is 5.30. The van der Waals surface area contributed by atoms with Gasteiger partial charge in [-0.05, 0) is 56.1 Å². The molecule has 2 saturated heterocycles. The Morgan fingerprint density at radius 2 is 2.32 bits per heavy atom. The molecule has 2 aliphatic rings. The van der Waals surface area contributed by atoms with Crippen LogP contribution in [0, 0.1) is 11.8 Å². The first kappa shape index (κ1) is 16.7. The molecule has 2 fully saturated rings. The predicted molar refractivity (Wildman–Crippen MR) is 101 cm³/mol. The molecule has 4 rings (SSSR count). The van der Waals surface area contributed by atoms with E-state index in [9.17, 15) is 4.79 Å². The number of carbonyl (C=O) groups is 1. The lowest BCUT2D eigenvalue weighted by Crippen LogP contribution is -2.45. The van der Waals surface area contributed by atoms with Crippen LogP contribution in [0.15, 0.2) is 17.8 Å². The van der Waals surface area contributed by atoms with E-state index in [1.807, 2.05) is 0 Å². The number of thiophene rings is 1. The Morgan fingerprint density at radius 3 is 3.20 bits per heavy atom. The van der Waals surface area contributed by atoms with Crippen LogP contribution in [-0.2, 0) is 4.79 Å². The van der Waals surface area contributed by atoms with Gasteiger partial charge < -0.3 is 15.5 Å². The Kier molecular flexibility index (Phi) is 5.12. The molecule has 2 unspecified atom stereocenters. The van der Waals surface area contributed by atoms with Gasteiger partial charge in [0.05, 0.1) is 11.3 Å². The van der Waals surface area contributed by atoms with Crippen molar-refractivity contribution in [3.8, 4) is 0 Å². The van der Waals surface area contributed by atoms with Crippen molar-refractivity contribution in [3.63, 3.8) is 0 Å². The van der Waals surface area contributed by atoms with Crippen LogP contribution in [0.3, 0.4) is 0 Å². The Hall–Kier alpha value is -1.73. The fourth-order valence-electron chi connectivity index (χ4n) is 3.90. The van der Waals surface area contributed by atoms with Gasteiger partial charge in [0.1, 0.15) is 17.0 Å². The van der Waals surface area contributed by atoms with Crippen LogP contribution in [0.5, 0.6) is 0 Å². The summed E-state index contributed by atoms with van der Waals surface area (Å²) in [7, 11) is 0. The quantitative estimate of drug-likeness (QED) is 0.874. The lowest BCUT2D eigenvalue weighted by molar-refractivity contribution is -0.125. The average molecular weight is 359 g/mol. The van der Waals surface area contributed by atoms with E-state index in [0.717, 1.165) is 61.6 Å². The van der Waals surface area contributed by atoms with Crippen molar-refractivity contribution in [2.45, 2.75) is 25.7 Å². The van der Waals surface area contributed by atoms with Gasteiger partial charge >= 0.3 is 0 Å². The number of piperidine rings is 2. The van der Waals surface area contributed by atoms with Gasteiger partial charge in [0, 0.05) is 19.6 Å². The lowest BCUT2D eigenvalue weighted by atomic mass is 9.95. The van der Waals surface area contributed by atoms with Gasteiger partial charge in [0.2, 0.25) is 5.91 Å². The van der Waals surface area contributed by atoms with E-state index < -0.39 is 0 Å². The number of anilines is 1. The van der Waals surface area contributed by atoms with Crippen molar-refractivity contribution < 1.29 is 4.79 Å². The topological polar surface area (TPSA) is 70.2 Å². The summed E-state index contributed by atoms with van der Waals surface area (Å²) >= 11 is 1.63. The number of hydrogen-bond acceptors (Lipinski definition) is 6. The molecule has 0 bridgehead atoms. The molecule has 4 heterocycles. The molecule has 0 saturated carbocycles. The summed E-state index contributed by atoms with van der Waals surface area (Å²) < 4.78 is 0. The zero-order chi connectivity index (χ0) is 17.1. The first-order chi connectivity index (χ1) is 12.3. The molecule has 134 valence electrons. The number of nitrogens with one attached hydrogen (secondary N) is 2. The highest BCUT2D eigenvalue weighted by Gasteiger charge is 2.28. The molecule has 6 nitrogen and oxygen atoms in total. The zero-order valence-corrected chi connectivity index (χ0v) is 15.2. The van der Waals surface area contributed by atoms with Crippen LogP contribution in [0.25, 0.3) is 10.2 Å². The SMILES string of the molecule is O=C(NCC1CCCNC1)C1CCCN(c2ncnc3sccc23)C1. The molecule has 0 aliphatic carbocycles. The van der Waals surface area contributed by atoms with E-state index in [1.54, 1.807) is 17.7 Å². The van der Waals surface area contributed by atoms with Gasteiger partial charge in [-0.3, -0.25) is 4.79 Å². The molecule has 0 aromatic carbocycles. The van der Waals surface area contributed by atoms with Crippen LogP contribution >= 0.6 is 11.3 Å². The summed E-state index contributed by atoms with van der Waals surface area (Å²) in [6.45, 7) is 4.63. The monoisotopic (exact) mass is 359 g/mol. The Balaban J connectivity index is 1.38. The van der Waals surface area contributed by atoms with E-state index in [1.165, 1.54) is 12.8 Å². The van der Waals surface area contributed by atoms with E-state index >= 15 is 0 Å². The average Bonchev–Trinajstić information content (AvgIpc) is 3.16. The molecule has 0 radical (unpaired) electrons. The van der Waals surface area contributed by atoms with Crippen molar-refractivity contribution in [1.29, 1.82) is 0 Å². The van der Waals surface area contributed by atoms with Gasteiger partial charge in [0.15, 0.2) is 0 Å². The Bertz CT molecular complexity index is 727. The van der Waals surface area contributed by atoms with E-state index in [-0.39, 0.29) is 11.8 Å². The van der Waals surface area contributed by atoms with Crippen LogP contribution in [0.1, 0.15) is 25.7 Å². The Morgan fingerprint density at radius 1 is 1.36 bits per heavy atom. The standard InChI is InChI=1S/C18H25N5OS/c24-17(20-10-13-3-1-6-19-9-13)14-4-2-7-23(11-14)16-15-5-8-25-18(15)22-12-21-16/h5,8,12-14,19H,1-4,6-7,9-11H2,(H,20,24). The highest BCUT2D eigenvalue weighted by molar-refractivity contribution is 7.16. The number of carbonyl (C=O) groups excluding carboxylic acids is 1. The summed E-state index contributed by atoms with van der Waals surface area (Å²) in [5.41, 5.74) is 0. The number of fused-ring (bicyclic) bond motifs is 1. The zero-order valence-electron chi connectivity index (χ0n) is 14.4. The van der Waals surface area contributed by atoms with Gasteiger partial charge in [-0.15, -0.1) is 11.3 Å². The molecule has 2 aliphatic heterocycles. The van der Waals surface area contributed by atoms with Gasteiger partial charge in [-0.1, -0.05) is 0 Å². The predicted octanol–water partition coefficient (Wildman–Crippen LogP) is 2.02. The number of hydrogen-bond donors (Lipinski definition) is 2. The lowest BCUT2D eigenvalue weighted by Gasteiger charge is -2.33. The maximum absolute atomic E-state index is 12.6. The number of rotatable bonds is 4. The molecule has 1 amide bonds. The van der Waals surface area contributed by atoms with E-state index in [2.05, 4.69) is 36.9 Å². The minimum Gasteiger partial charge on any atom is -0.355 e. The summed E-state index contributed by atoms with van der Waals surface area (Å²) in [5.74, 6) is 1.80. The van der Waals surface area contributed by atoms with E-state index in [0.29, 0.717) is 5.92 Å². The first-order valence-corrected chi connectivity index (χ1v) is 10.1. The highest BCUT2D eigenvalue weighted by Crippen LogP contribution is 2.29. The smallest absolute Gasteiger partial charge is 0.224 e. The van der Waals surface area contributed by atoms with Crippen LogP contribution < -0.4 is 15.5 Å². The van der Waals surface area contributed by atoms with Crippen molar-refractivity contribution >= 4 is 33.3 Å². The fraction of sp³-hybridized carbons (Fsp3) is 0.611. The molecular formula is C18H25N5OS. The molecule has 7 heteroatoms. The number of nitrogens with zero attached hydrogens (tertiary/aromatic N) is 3. The fourth-order valence-corrected chi connectivity index (χ4v) is 4.63. The molecule has 2 atom stereocenters. The third-order valence-corrected chi connectivity index (χ3v) is 6.12. The summed E-state index contributed by atoms with van der Waals surface area (Å²) in [6.07, 6.45) is 6.04. The maximum atomic E-state index is 12.6. The van der Waals surface area contributed by atoms with Gasteiger partial charge in [0.25, 0.3) is 0 Å². The summed E-state index contributed by atoms with van der Waals surface area (Å²) in [4.78, 5) is 24.7. The maximum Gasteiger partial charge on any atom is 0.224 e. The van der Waals surface area contributed by atoms with Crippen LogP contribution in [0.2, 0.25) is 0 Å². The molecule has 2 N–H and O–H groups in total. The highest BCUT2D eigenvalue weighted by atomic mass is 32.1. The van der Waals surface area contributed by atoms with E-state index in [4.69, 9.17) is 0 Å². The Labute approximate surface area is 152 Å². The van der Waals surface area contributed by atoms with Gasteiger partial charge in [-0.25, -0.2) is 9.97 Å². The van der Waals surface area contributed by atoms with Crippen LogP contribution in [-0.4, -0.2) is 48.6 Å². The first-order valence-electron chi connectivity index (χ1n) is 9.23. The molecular weight excluding hydrogens is 334 g/mol. The normalized spacial score (nSPS) is 24.4. The molecule has 2 aromatic heterocycles. The van der Waals surface area contributed by atoms with Crippen molar-refractivity contribution in [1.82, 2.24) is 20.6 Å². The van der Waals surface area contributed by atoms with Crippen molar-refractivity contribution in [3.05, 3.63) is 17.8 Å². The summed E-state index contributed by atoms with van der Waals surface area (Å²) in [5, 5.41) is 9.75. The van der Waals surface area contributed by atoms with Crippen molar-refractivity contribution in [2.75, 3.05) is 37.6 Å². The molecule has 0 spiro atoms. The van der Waals surface area contributed by atoms with Crippen molar-refractivity contribution in [2.24, 2.45) is 11.8 Å². The van der Waals surface area contributed by atoms with Gasteiger partial charge in [-0.2, -0.15) is 0 Å². The second kappa shape index (κ2) is 7.66. The summed E-state index contributed by atoms with van der Waals surface area (Å²) in [6, 6.07) is 2.08. The second-order valence-corrected chi connectivity index (χ2v) is 7.97.